The monoisotopic (exact) mass is 519 g/mol. The van der Waals surface area contributed by atoms with Crippen LogP contribution in [0.4, 0.5) is 41.2 Å². The van der Waals surface area contributed by atoms with Gasteiger partial charge in [0.05, 0.1) is 11.1 Å². The molecule has 3 amide bonds. The van der Waals surface area contributed by atoms with Crippen molar-refractivity contribution in [3.05, 3.63) is 65.0 Å². The second-order valence-electron chi connectivity index (χ2n) is 8.70. The third kappa shape index (κ3) is 5.90. The van der Waals surface area contributed by atoms with E-state index in [9.17, 15) is 40.3 Å². The number of alkyl halides is 6. The van der Waals surface area contributed by atoms with Crippen LogP contribution in [0.1, 0.15) is 36.0 Å². The highest BCUT2D eigenvalue weighted by Gasteiger charge is 2.39. The van der Waals surface area contributed by atoms with Gasteiger partial charge in [0.2, 0.25) is 5.91 Å². The van der Waals surface area contributed by atoms with E-state index in [0.29, 0.717) is 30.7 Å². The molecule has 3 rings (SSSR count). The number of piperidine rings is 1. The van der Waals surface area contributed by atoms with Gasteiger partial charge in [0.15, 0.2) is 0 Å². The molecule has 2 unspecified atom stereocenters. The zero-order valence-electron chi connectivity index (χ0n) is 19.6. The molecule has 196 valence electrons. The first-order valence-corrected chi connectivity index (χ1v) is 10.9. The molecule has 1 aliphatic rings. The van der Waals surface area contributed by atoms with E-state index in [4.69, 9.17) is 0 Å². The van der Waals surface area contributed by atoms with Crippen LogP contribution < -0.4 is 4.90 Å². The molecule has 0 radical (unpaired) electrons. The first-order valence-electron chi connectivity index (χ1n) is 10.9. The summed E-state index contributed by atoms with van der Waals surface area (Å²) in [5, 5.41) is 0. The summed E-state index contributed by atoms with van der Waals surface area (Å²) in [5.74, 6) is -1.14. The van der Waals surface area contributed by atoms with E-state index in [1.54, 1.807) is 4.90 Å². The minimum absolute atomic E-state index is 0.00637. The van der Waals surface area contributed by atoms with Gasteiger partial charge in [-0.1, -0.05) is 12.1 Å². The van der Waals surface area contributed by atoms with Gasteiger partial charge in [-0.2, -0.15) is 26.3 Å². The highest BCUT2D eigenvalue weighted by Crippen LogP contribution is 2.39. The summed E-state index contributed by atoms with van der Waals surface area (Å²) in [6.45, 7) is 1.88. The molecule has 5 nitrogen and oxygen atoms in total. The minimum atomic E-state index is -5.06. The number of benzene rings is 2. The molecule has 1 aliphatic heterocycles. The van der Waals surface area contributed by atoms with E-state index in [1.807, 2.05) is 0 Å². The van der Waals surface area contributed by atoms with E-state index in [2.05, 4.69) is 0 Å². The van der Waals surface area contributed by atoms with Crippen LogP contribution in [0.3, 0.4) is 0 Å². The Hall–Kier alpha value is -3.31. The second-order valence-corrected chi connectivity index (χ2v) is 8.70. The summed E-state index contributed by atoms with van der Waals surface area (Å²) in [4.78, 5) is 28.7. The van der Waals surface area contributed by atoms with E-state index in [-0.39, 0.29) is 18.5 Å². The molecule has 0 saturated carbocycles. The van der Waals surface area contributed by atoms with Gasteiger partial charge in [0, 0.05) is 51.8 Å². The molecule has 1 heterocycles. The first kappa shape index (κ1) is 27.3. The van der Waals surface area contributed by atoms with Crippen molar-refractivity contribution in [2.45, 2.75) is 37.7 Å². The van der Waals surface area contributed by atoms with Crippen molar-refractivity contribution >= 4 is 17.6 Å². The van der Waals surface area contributed by atoms with Gasteiger partial charge in [-0.3, -0.25) is 9.69 Å². The quantitative estimate of drug-likeness (QED) is 0.485. The van der Waals surface area contributed by atoms with E-state index >= 15 is 0 Å². The molecule has 36 heavy (non-hydrogen) atoms. The number of likely N-dealkylation sites (N-methyl/N-ethyl adjacent to an activating group) is 1. The summed E-state index contributed by atoms with van der Waals surface area (Å²) in [7, 11) is 2.48. The Labute approximate surface area is 203 Å². The summed E-state index contributed by atoms with van der Waals surface area (Å²) >= 11 is 0. The molecular weight excluding hydrogens is 495 g/mol. The lowest BCUT2D eigenvalue weighted by Crippen LogP contribution is -2.53. The van der Waals surface area contributed by atoms with Crippen molar-refractivity contribution in [3.63, 3.8) is 0 Å². The van der Waals surface area contributed by atoms with Crippen molar-refractivity contribution in [2.24, 2.45) is 0 Å². The lowest BCUT2D eigenvalue weighted by atomic mass is 9.85. The Morgan fingerprint density at radius 1 is 0.917 bits per heavy atom. The Morgan fingerprint density at radius 2 is 1.44 bits per heavy atom. The normalized spacial score (nSPS) is 18.7. The molecule has 12 heteroatoms. The Morgan fingerprint density at radius 3 is 1.92 bits per heavy atom. The molecule has 1 fully saturated rings. The fourth-order valence-corrected chi connectivity index (χ4v) is 4.35. The maximum absolute atomic E-state index is 13.5. The molecule has 2 aromatic carbocycles. The Bertz CT molecular complexity index is 1080. The fourth-order valence-electron chi connectivity index (χ4n) is 4.35. The van der Waals surface area contributed by atoms with Crippen molar-refractivity contribution < 1.29 is 40.3 Å². The van der Waals surface area contributed by atoms with Crippen LogP contribution in [0.15, 0.2) is 42.5 Å². The summed E-state index contributed by atoms with van der Waals surface area (Å²) < 4.78 is 93.1. The van der Waals surface area contributed by atoms with Gasteiger partial charge in [0.25, 0.3) is 0 Å². The van der Waals surface area contributed by atoms with Crippen LogP contribution in [0, 0.1) is 5.82 Å². The minimum Gasteiger partial charge on any atom is -0.342 e. The summed E-state index contributed by atoms with van der Waals surface area (Å²) in [5.41, 5.74) is -3.01. The van der Waals surface area contributed by atoms with Crippen LogP contribution >= 0.6 is 0 Å². The maximum Gasteiger partial charge on any atom is 0.416 e. The third-order valence-corrected chi connectivity index (χ3v) is 6.37. The molecule has 2 aromatic rings. The molecule has 1 saturated heterocycles. The van der Waals surface area contributed by atoms with Gasteiger partial charge in [-0.05, 0) is 42.3 Å². The number of hydrogen-bond donors (Lipinski definition) is 0. The molecule has 0 aliphatic carbocycles. The van der Waals surface area contributed by atoms with Crippen LogP contribution in [0.25, 0.3) is 0 Å². The van der Waals surface area contributed by atoms with Crippen molar-refractivity contribution in [2.75, 3.05) is 32.1 Å². The largest absolute Gasteiger partial charge is 0.416 e. The smallest absolute Gasteiger partial charge is 0.342 e. The predicted octanol–water partition coefficient (Wildman–Crippen LogP) is 5.76. The van der Waals surface area contributed by atoms with Gasteiger partial charge in [-0.15, -0.1) is 0 Å². The number of halogens is 7. The first-order chi connectivity index (χ1) is 16.6. The van der Waals surface area contributed by atoms with E-state index in [1.165, 1.54) is 43.1 Å². The predicted molar refractivity (Wildman–Crippen MR) is 118 cm³/mol. The Balaban J connectivity index is 1.95. The van der Waals surface area contributed by atoms with Crippen molar-refractivity contribution in [3.8, 4) is 0 Å². The van der Waals surface area contributed by atoms with Gasteiger partial charge < -0.3 is 9.80 Å². The van der Waals surface area contributed by atoms with Gasteiger partial charge >= 0.3 is 18.4 Å². The van der Waals surface area contributed by atoms with Crippen LogP contribution in [0.5, 0.6) is 0 Å². The number of carbonyl (C=O) groups is 2. The van der Waals surface area contributed by atoms with E-state index < -0.39 is 53.0 Å². The van der Waals surface area contributed by atoms with E-state index in [0.717, 1.165) is 11.9 Å². The Kier molecular flexibility index (Phi) is 7.56. The number of carbonyl (C=O) groups excluding carboxylic acids is 2. The van der Waals surface area contributed by atoms with Crippen molar-refractivity contribution in [1.29, 1.82) is 0 Å². The van der Waals surface area contributed by atoms with Crippen molar-refractivity contribution in [1.82, 2.24) is 9.80 Å². The molecule has 0 bridgehead atoms. The number of likely N-dealkylation sites (tertiary alicyclic amines) is 1. The van der Waals surface area contributed by atoms with Crippen LogP contribution in [-0.2, 0) is 17.1 Å². The standard InChI is InChI=1S/C24H24F7N3O2/c1-14(35)34-9-8-21(20(13-34)15-4-6-18(25)7-5-15)33(3)22(36)32(2)19-11-16(23(26,27)28)10-17(12-19)24(29,30)31/h4-7,10-12,20-21H,8-9,13H2,1-3H3. The SMILES string of the molecule is CC(=O)N1CCC(N(C)C(=O)N(C)c2cc(C(F)(F)F)cc(C(F)(F)F)c2)C(c2ccc(F)cc2)C1. The molecule has 0 aromatic heterocycles. The number of urea groups is 1. The maximum atomic E-state index is 13.5. The molecule has 0 spiro atoms. The number of nitrogens with zero attached hydrogens (tertiary/aromatic N) is 3. The van der Waals surface area contributed by atoms with Crippen LogP contribution in [0.2, 0.25) is 0 Å². The highest BCUT2D eigenvalue weighted by molar-refractivity contribution is 5.92. The third-order valence-electron chi connectivity index (χ3n) is 6.37. The lowest BCUT2D eigenvalue weighted by Gasteiger charge is -2.43. The zero-order chi connectivity index (χ0) is 27.0. The average molecular weight is 519 g/mol. The average Bonchev–Trinajstić information content (AvgIpc) is 2.81. The van der Waals surface area contributed by atoms with Crippen LogP contribution in [-0.4, -0.2) is 55.0 Å². The highest BCUT2D eigenvalue weighted by atomic mass is 19.4. The topological polar surface area (TPSA) is 43.9 Å². The zero-order valence-corrected chi connectivity index (χ0v) is 19.6. The fraction of sp³-hybridized carbons (Fsp3) is 0.417. The molecule has 0 N–H and O–H groups in total. The molecular formula is C24H24F7N3O2. The number of amides is 3. The lowest BCUT2D eigenvalue weighted by molar-refractivity contribution is -0.143. The number of hydrogen-bond acceptors (Lipinski definition) is 2. The summed E-state index contributed by atoms with van der Waals surface area (Å²) in [6, 6.07) is 5.05. The number of anilines is 1. The number of rotatable bonds is 3. The second kappa shape index (κ2) is 9.98. The summed E-state index contributed by atoms with van der Waals surface area (Å²) in [6.07, 6.45) is -9.81. The van der Waals surface area contributed by atoms with Gasteiger partial charge in [-0.25, -0.2) is 9.18 Å². The van der Waals surface area contributed by atoms with Gasteiger partial charge in [0.1, 0.15) is 5.82 Å². The molecule has 2 atom stereocenters.